The van der Waals surface area contributed by atoms with Crippen LogP contribution in [-0.2, 0) is 14.4 Å². The second kappa shape index (κ2) is 13.4. The standard InChI is InChI=1S/C28H44N4O4/c1-9-19(6)24(32(7)8)28(35)31-23-25(18(4)5)36-21-12-10-20(11-13-21)14-15-29-26(33)22(16-17(2)3)30-27(23)34/h10-15,17-19,22-25H,9,16H2,1-8H3,(H,29,33)(H,30,34)(H,31,35)/b15-14-/t19-,22+,23+,24-,25-/m0/s1. The lowest BCUT2D eigenvalue weighted by atomic mass is 9.94. The molecule has 5 atom stereocenters. The van der Waals surface area contributed by atoms with Crippen molar-refractivity contribution in [1.82, 2.24) is 20.9 Å². The van der Waals surface area contributed by atoms with Crippen molar-refractivity contribution in [2.75, 3.05) is 14.1 Å². The minimum atomic E-state index is -0.996. The normalized spacial score (nSPS) is 23.5. The van der Waals surface area contributed by atoms with Crippen molar-refractivity contribution in [3.63, 3.8) is 0 Å². The lowest BCUT2D eigenvalue weighted by Crippen LogP contribution is -2.62. The minimum absolute atomic E-state index is 0.0822. The van der Waals surface area contributed by atoms with E-state index >= 15 is 0 Å². The Balaban J connectivity index is 2.52. The number of carbonyl (C=O) groups excluding carboxylic acids is 3. The van der Waals surface area contributed by atoms with Crippen molar-refractivity contribution in [3.8, 4) is 5.75 Å². The zero-order chi connectivity index (χ0) is 27.0. The Hall–Kier alpha value is -2.87. The van der Waals surface area contributed by atoms with Crippen molar-refractivity contribution in [2.24, 2.45) is 17.8 Å². The van der Waals surface area contributed by atoms with Crippen LogP contribution in [0.25, 0.3) is 6.08 Å². The van der Waals surface area contributed by atoms with E-state index in [4.69, 9.17) is 4.74 Å². The number of ether oxygens (including phenoxy) is 1. The number of carbonyl (C=O) groups is 3. The van der Waals surface area contributed by atoms with E-state index in [1.54, 1.807) is 12.3 Å². The Kier molecular flexibility index (Phi) is 11.0. The van der Waals surface area contributed by atoms with Gasteiger partial charge in [-0.1, -0.05) is 60.1 Å². The number of amides is 3. The van der Waals surface area contributed by atoms with Crippen LogP contribution in [0.5, 0.6) is 5.75 Å². The summed E-state index contributed by atoms with van der Waals surface area (Å²) in [5.41, 5.74) is 0.900. The molecule has 200 valence electrons. The second-order valence-corrected chi connectivity index (χ2v) is 10.7. The van der Waals surface area contributed by atoms with Gasteiger partial charge in [-0.2, -0.15) is 0 Å². The highest BCUT2D eigenvalue weighted by Gasteiger charge is 2.38. The number of fused-ring (bicyclic) bond motifs is 10. The first-order valence-electron chi connectivity index (χ1n) is 12.9. The summed E-state index contributed by atoms with van der Waals surface area (Å²) in [5.74, 6) is -0.241. The van der Waals surface area contributed by atoms with Gasteiger partial charge in [0, 0.05) is 6.20 Å². The highest BCUT2D eigenvalue weighted by Crippen LogP contribution is 2.22. The number of hydrogen-bond acceptors (Lipinski definition) is 5. The lowest BCUT2D eigenvalue weighted by molar-refractivity contribution is -0.137. The third kappa shape index (κ3) is 8.08. The topological polar surface area (TPSA) is 99.8 Å². The fourth-order valence-electron chi connectivity index (χ4n) is 4.45. The minimum Gasteiger partial charge on any atom is -0.487 e. The van der Waals surface area contributed by atoms with E-state index in [-0.39, 0.29) is 29.6 Å². The molecular formula is C28H44N4O4. The third-order valence-electron chi connectivity index (χ3n) is 6.57. The van der Waals surface area contributed by atoms with Crippen molar-refractivity contribution in [1.29, 1.82) is 0 Å². The smallest absolute Gasteiger partial charge is 0.247 e. The van der Waals surface area contributed by atoms with Crippen LogP contribution in [0.1, 0.15) is 59.9 Å². The van der Waals surface area contributed by atoms with E-state index in [0.29, 0.717) is 12.2 Å². The van der Waals surface area contributed by atoms with Gasteiger partial charge in [-0.15, -0.1) is 0 Å². The number of benzene rings is 1. The highest BCUT2D eigenvalue weighted by molar-refractivity contribution is 5.94. The van der Waals surface area contributed by atoms with E-state index in [1.807, 2.05) is 84.8 Å². The third-order valence-corrected chi connectivity index (χ3v) is 6.57. The van der Waals surface area contributed by atoms with Crippen LogP contribution in [0.3, 0.4) is 0 Å². The maximum Gasteiger partial charge on any atom is 0.247 e. The monoisotopic (exact) mass is 500 g/mol. The van der Waals surface area contributed by atoms with Crippen LogP contribution < -0.4 is 20.7 Å². The predicted molar refractivity (Wildman–Crippen MR) is 143 cm³/mol. The lowest BCUT2D eigenvalue weighted by Gasteiger charge is -2.35. The summed E-state index contributed by atoms with van der Waals surface area (Å²) < 4.78 is 6.31. The molecule has 8 nitrogen and oxygen atoms in total. The van der Waals surface area contributed by atoms with Gasteiger partial charge in [0.25, 0.3) is 0 Å². The van der Waals surface area contributed by atoms with Gasteiger partial charge in [-0.05, 0) is 62.0 Å². The van der Waals surface area contributed by atoms with E-state index in [1.165, 1.54) is 0 Å². The molecule has 0 spiro atoms. The molecule has 1 aromatic rings. The Bertz CT molecular complexity index is 911. The molecule has 3 rings (SSSR count). The van der Waals surface area contributed by atoms with Gasteiger partial charge in [0.1, 0.15) is 23.9 Å². The second-order valence-electron chi connectivity index (χ2n) is 10.7. The molecule has 3 N–H and O–H groups in total. The average Bonchev–Trinajstić information content (AvgIpc) is 2.80. The molecule has 0 unspecified atom stereocenters. The molecule has 0 aromatic heterocycles. The molecule has 2 aliphatic rings. The molecule has 8 heteroatoms. The summed E-state index contributed by atoms with van der Waals surface area (Å²) in [7, 11) is 3.72. The van der Waals surface area contributed by atoms with Crippen LogP contribution >= 0.6 is 0 Å². The van der Waals surface area contributed by atoms with E-state index in [2.05, 4.69) is 16.0 Å². The molecule has 0 radical (unpaired) electrons. The van der Waals surface area contributed by atoms with Gasteiger partial charge in [-0.3, -0.25) is 19.3 Å². The summed E-state index contributed by atoms with van der Waals surface area (Å²) >= 11 is 0. The highest BCUT2D eigenvalue weighted by atomic mass is 16.5. The van der Waals surface area contributed by atoms with Crippen molar-refractivity contribution >= 4 is 23.8 Å². The zero-order valence-electron chi connectivity index (χ0n) is 23.0. The van der Waals surface area contributed by atoms with Crippen molar-refractivity contribution in [2.45, 2.75) is 78.6 Å². The molecular weight excluding hydrogens is 456 g/mol. The predicted octanol–water partition coefficient (Wildman–Crippen LogP) is 3.18. The molecule has 0 saturated carbocycles. The van der Waals surface area contributed by atoms with Crippen LogP contribution in [0.2, 0.25) is 0 Å². The number of likely N-dealkylation sites (N-methyl/N-ethyl adjacent to an activating group) is 1. The first-order chi connectivity index (χ1) is 16.9. The summed E-state index contributed by atoms with van der Waals surface area (Å²) in [6.07, 6.45) is 3.99. The molecule has 36 heavy (non-hydrogen) atoms. The fourth-order valence-corrected chi connectivity index (χ4v) is 4.45. The van der Waals surface area contributed by atoms with Gasteiger partial charge >= 0.3 is 0 Å². The van der Waals surface area contributed by atoms with Gasteiger partial charge in [0.05, 0.1) is 6.04 Å². The van der Waals surface area contributed by atoms with E-state index in [9.17, 15) is 14.4 Å². The fraction of sp³-hybridized carbons (Fsp3) is 0.607. The summed E-state index contributed by atoms with van der Waals surface area (Å²) in [6, 6.07) is 5.24. The SMILES string of the molecule is CC[C@H](C)[C@@H](C(=O)N[C@H]1C(=O)N[C@H](CC(C)C)C(=O)N/C=C\c2ccc(cc2)O[C@H]1C(C)C)N(C)C. The van der Waals surface area contributed by atoms with Gasteiger partial charge in [0.2, 0.25) is 17.7 Å². The molecule has 2 heterocycles. The molecule has 2 aliphatic heterocycles. The molecule has 0 fully saturated rings. The number of hydrogen-bond donors (Lipinski definition) is 3. The summed E-state index contributed by atoms with van der Waals surface area (Å²) in [4.78, 5) is 42.1. The number of nitrogens with one attached hydrogen (secondary N) is 3. The summed E-state index contributed by atoms with van der Waals surface area (Å²) in [6.45, 7) is 12.0. The molecule has 0 saturated heterocycles. The van der Waals surface area contributed by atoms with Crippen LogP contribution in [0, 0.1) is 17.8 Å². The van der Waals surface area contributed by atoms with Gasteiger partial charge < -0.3 is 20.7 Å². The first-order valence-corrected chi connectivity index (χ1v) is 12.9. The molecule has 3 amide bonds. The van der Waals surface area contributed by atoms with E-state index < -0.39 is 30.1 Å². The Labute approximate surface area is 216 Å². The first kappa shape index (κ1) is 29.4. The molecule has 1 aromatic carbocycles. The van der Waals surface area contributed by atoms with Crippen LogP contribution in [0.15, 0.2) is 30.5 Å². The van der Waals surface area contributed by atoms with Crippen LogP contribution in [-0.4, -0.2) is 60.9 Å². The quantitative estimate of drug-likeness (QED) is 0.509. The molecule has 0 aliphatic carbocycles. The van der Waals surface area contributed by atoms with Gasteiger partial charge in [-0.25, -0.2) is 0 Å². The maximum atomic E-state index is 13.7. The van der Waals surface area contributed by atoms with Crippen LogP contribution in [0.4, 0.5) is 0 Å². The van der Waals surface area contributed by atoms with Crippen molar-refractivity contribution in [3.05, 3.63) is 36.0 Å². The number of nitrogens with zero attached hydrogens (tertiary/aromatic N) is 1. The molecule has 2 bridgehead atoms. The van der Waals surface area contributed by atoms with E-state index in [0.717, 1.165) is 12.0 Å². The Morgan fingerprint density at radius 1 is 1.06 bits per heavy atom. The Morgan fingerprint density at radius 3 is 2.22 bits per heavy atom. The number of rotatable bonds is 8. The Morgan fingerprint density at radius 2 is 1.69 bits per heavy atom. The van der Waals surface area contributed by atoms with Crippen molar-refractivity contribution < 1.29 is 19.1 Å². The maximum absolute atomic E-state index is 13.7. The largest absolute Gasteiger partial charge is 0.487 e. The average molecular weight is 501 g/mol. The summed E-state index contributed by atoms with van der Waals surface area (Å²) in [5, 5.41) is 8.68. The van der Waals surface area contributed by atoms with Gasteiger partial charge in [0.15, 0.2) is 0 Å². The zero-order valence-corrected chi connectivity index (χ0v) is 23.0.